The fraction of sp³-hybridized carbons (Fsp3) is 0.467. The zero-order valence-corrected chi connectivity index (χ0v) is 14.1. The number of hydrogen-bond acceptors (Lipinski definition) is 3. The molecular weight excluding hydrogens is 350 g/mol. The standard InChI is InChI=1S/C15H18BrN3OS/c16-11-5-4-8-13(9-11)20-10-14-17-18-15(21)19(14)12-6-2-1-3-7-12/h4-5,8-9,12H,1-3,6-7,10H2,(H,18,21). The molecule has 1 fully saturated rings. The lowest BCUT2D eigenvalue weighted by atomic mass is 9.95. The van der Waals surface area contributed by atoms with Crippen molar-refractivity contribution in [2.75, 3.05) is 0 Å². The van der Waals surface area contributed by atoms with Crippen LogP contribution < -0.4 is 4.74 Å². The fourth-order valence-corrected chi connectivity index (χ4v) is 3.54. The lowest BCUT2D eigenvalue weighted by molar-refractivity contribution is 0.270. The molecule has 1 aliphatic rings. The van der Waals surface area contributed by atoms with Crippen LogP contribution in [0, 0.1) is 4.77 Å². The van der Waals surface area contributed by atoms with Crippen molar-refractivity contribution in [1.29, 1.82) is 0 Å². The summed E-state index contributed by atoms with van der Waals surface area (Å²) in [6.07, 6.45) is 6.22. The van der Waals surface area contributed by atoms with Gasteiger partial charge in [0.15, 0.2) is 10.6 Å². The first-order valence-electron chi connectivity index (χ1n) is 7.28. The quantitative estimate of drug-likeness (QED) is 0.790. The van der Waals surface area contributed by atoms with E-state index in [1.54, 1.807) is 0 Å². The Hall–Kier alpha value is -1.14. The summed E-state index contributed by atoms with van der Waals surface area (Å²) >= 11 is 8.83. The molecule has 112 valence electrons. The third-order valence-corrected chi connectivity index (χ3v) is 4.66. The van der Waals surface area contributed by atoms with Crippen molar-refractivity contribution in [2.45, 2.75) is 44.8 Å². The van der Waals surface area contributed by atoms with Crippen LogP contribution in [0.2, 0.25) is 0 Å². The zero-order chi connectivity index (χ0) is 14.7. The number of benzene rings is 1. The van der Waals surface area contributed by atoms with Crippen molar-refractivity contribution in [3.63, 3.8) is 0 Å². The van der Waals surface area contributed by atoms with Gasteiger partial charge in [0.2, 0.25) is 0 Å². The number of nitrogens with one attached hydrogen (secondary N) is 1. The minimum atomic E-state index is 0.431. The van der Waals surface area contributed by atoms with Crippen LogP contribution >= 0.6 is 28.1 Å². The Labute approximate surface area is 137 Å². The molecule has 1 aliphatic carbocycles. The predicted octanol–water partition coefficient (Wildman–Crippen LogP) is 4.79. The predicted molar refractivity (Wildman–Crippen MR) is 88.0 cm³/mol. The largest absolute Gasteiger partial charge is 0.486 e. The average Bonchev–Trinajstić information content (AvgIpc) is 2.87. The molecule has 3 rings (SSSR count). The first kappa shape index (κ1) is 14.8. The van der Waals surface area contributed by atoms with Crippen LogP contribution in [0.15, 0.2) is 28.7 Å². The minimum absolute atomic E-state index is 0.431. The number of aromatic nitrogens is 3. The third-order valence-electron chi connectivity index (χ3n) is 3.88. The SMILES string of the molecule is S=c1[nH]nc(COc2cccc(Br)c2)n1C1CCCCC1. The average molecular weight is 368 g/mol. The van der Waals surface area contributed by atoms with E-state index in [1.807, 2.05) is 24.3 Å². The van der Waals surface area contributed by atoms with Gasteiger partial charge in [-0.05, 0) is 43.3 Å². The van der Waals surface area contributed by atoms with Crippen molar-refractivity contribution < 1.29 is 4.74 Å². The molecule has 1 heterocycles. The lowest BCUT2D eigenvalue weighted by Crippen LogP contribution is -2.17. The highest BCUT2D eigenvalue weighted by Gasteiger charge is 2.19. The molecule has 1 N–H and O–H groups in total. The molecule has 1 aromatic heterocycles. The van der Waals surface area contributed by atoms with E-state index in [9.17, 15) is 0 Å². The van der Waals surface area contributed by atoms with Crippen LogP contribution in [0.4, 0.5) is 0 Å². The van der Waals surface area contributed by atoms with Gasteiger partial charge in [0.1, 0.15) is 12.4 Å². The normalized spacial score (nSPS) is 16.0. The highest BCUT2D eigenvalue weighted by atomic mass is 79.9. The van der Waals surface area contributed by atoms with Crippen LogP contribution in [0.3, 0.4) is 0 Å². The monoisotopic (exact) mass is 367 g/mol. The summed E-state index contributed by atoms with van der Waals surface area (Å²) in [4.78, 5) is 0. The Bertz CT molecular complexity index is 661. The number of halogens is 1. The third kappa shape index (κ3) is 3.55. The Morgan fingerprint density at radius 2 is 2.14 bits per heavy atom. The maximum atomic E-state index is 5.84. The van der Waals surface area contributed by atoms with Gasteiger partial charge < -0.3 is 4.74 Å². The maximum absolute atomic E-state index is 5.84. The van der Waals surface area contributed by atoms with Crippen LogP contribution in [-0.2, 0) is 6.61 Å². The summed E-state index contributed by atoms with van der Waals surface area (Å²) in [6.45, 7) is 0.431. The van der Waals surface area contributed by atoms with E-state index in [2.05, 4.69) is 30.7 Å². The summed E-state index contributed by atoms with van der Waals surface area (Å²) in [5.41, 5.74) is 0. The first-order chi connectivity index (χ1) is 10.2. The molecule has 6 heteroatoms. The van der Waals surface area contributed by atoms with Gasteiger partial charge in [0.25, 0.3) is 0 Å². The van der Waals surface area contributed by atoms with Gasteiger partial charge >= 0.3 is 0 Å². The smallest absolute Gasteiger partial charge is 0.195 e. The summed E-state index contributed by atoms with van der Waals surface area (Å²) in [5, 5.41) is 7.25. The van der Waals surface area contributed by atoms with Gasteiger partial charge in [-0.2, -0.15) is 5.10 Å². The highest BCUT2D eigenvalue weighted by Crippen LogP contribution is 2.29. The molecule has 1 aromatic carbocycles. The topological polar surface area (TPSA) is 42.8 Å². The molecule has 0 bridgehead atoms. The zero-order valence-electron chi connectivity index (χ0n) is 11.7. The van der Waals surface area contributed by atoms with E-state index in [-0.39, 0.29) is 0 Å². The number of ether oxygens (including phenoxy) is 1. The van der Waals surface area contributed by atoms with Crippen molar-refractivity contribution in [3.05, 3.63) is 39.3 Å². The number of H-pyrrole nitrogens is 1. The fourth-order valence-electron chi connectivity index (χ4n) is 2.86. The number of rotatable bonds is 4. The molecule has 0 amide bonds. The summed E-state index contributed by atoms with van der Waals surface area (Å²) in [6, 6.07) is 8.29. The van der Waals surface area contributed by atoms with Crippen molar-refractivity contribution in [1.82, 2.24) is 14.8 Å². The highest BCUT2D eigenvalue weighted by molar-refractivity contribution is 9.10. The first-order valence-corrected chi connectivity index (χ1v) is 8.48. The summed E-state index contributed by atoms with van der Waals surface area (Å²) < 4.78 is 9.69. The van der Waals surface area contributed by atoms with Gasteiger partial charge in [-0.1, -0.05) is 41.3 Å². The number of nitrogens with zero attached hydrogens (tertiary/aromatic N) is 2. The van der Waals surface area contributed by atoms with Gasteiger partial charge in [0.05, 0.1) is 0 Å². The van der Waals surface area contributed by atoms with Gasteiger partial charge in [0, 0.05) is 10.5 Å². The molecule has 0 spiro atoms. The number of hydrogen-bond donors (Lipinski definition) is 1. The minimum Gasteiger partial charge on any atom is -0.486 e. The number of aromatic amines is 1. The van der Waals surface area contributed by atoms with Crippen molar-refractivity contribution >= 4 is 28.1 Å². The van der Waals surface area contributed by atoms with Crippen LogP contribution in [0.5, 0.6) is 5.75 Å². The van der Waals surface area contributed by atoms with Gasteiger partial charge in [-0.25, -0.2) is 0 Å². The molecule has 0 radical (unpaired) electrons. The molecule has 0 unspecified atom stereocenters. The van der Waals surface area contributed by atoms with Gasteiger partial charge in [-0.15, -0.1) is 0 Å². The second-order valence-electron chi connectivity index (χ2n) is 5.35. The second kappa shape index (κ2) is 6.75. The summed E-state index contributed by atoms with van der Waals surface area (Å²) in [5.74, 6) is 1.71. The van der Waals surface area contributed by atoms with Crippen LogP contribution in [-0.4, -0.2) is 14.8 Å². The van der Waals surface area contributed by atoms with E-state index in [4.69, 9.17) is 17.0 Å². The van der Waals surface area contributed by atoms with Crippen molar-refractivity contribution in [3.8, 4) is 5.75 Å². The Balaban J connectivity index is 1.75. The van der Waals surface area contributed by atoms with E-state index in [1.165, 1.54) is 32.1 Å². The van der Waals surface area contributed by atoms with E-state index in [0.29, 0.717) is 17.4 Å². The Morgan fingerprint density at radius 1 is 1.33 bits per heavy atom. The molecule has 4 nitrogen and oxygen atoms in total. The van der Waals surface area contributed by atoms with Crippen molar-refractivity contribution in [2.24, 2.45) is 0 Å². The molecule has 21 heavy (non-hydrogen) atoms. The van der Waals surface area contributed by atoms with E-state index in [0.717, 1.165) is 16.0 Å². The molecule has 2 aromatic rings. The summed E-state index contributed by atoms with van der Waals surface area (Å²) in [7, 11) is 0. The Morgan fingerprint density at radius 3 is 2.90 bits per heavy atom. The maximum Gasteiger partial charge on any atom is 0.195 e. The molecule has 0 atom stereocenters. The molecular formula is C15H18BrN3OS. The van der Waals surface area contributed by atoms with E-state index < -0.39 is 0 Å². The van der Waals surface area contributed by atoms with Crippen LogP contribution in [0.25, 0.3) is 0 Å². The molecule has 0 saturated heterocycles. The van der Waals surface area contributed by atoms with E-state index >= 15 is 0 Å². The Kier molecular flexibility index (Phi) is 4.75. The van der Waals surface area contributed by atoms with Gasteiger partial charge in [-0.3, -0.25) is 9.67 Å². The van der Waals surface area contributed by atoms with Crippen LogP contribution in [0.1, 0.15) is 44.0 Å². The molecule has 1 saturated carbocycles. The lowest BCUT2D eigenvalue weighted by Gasteiger charge is -2.24. The molecule has 0 aliphatic heterocycles. The second-order valence-corrected chi connectivity index (χ2v) is 6.66.